The summed E-state index contributed by atoms with van der Waals surface area (Å²) >= 11 is 15.9. The Bertz CT molecular complexity index is 649. The van der Waals surface area contributed by atoms with Gasteiger partial charge in [0.1, 0.15) is 5.15 Å². The molecule has 0 saturated carbocycles. The molecule has 0 atom stereocenters. The second-order valence-corrected chi connectivity index (χ2v) is 6.61. The summed E-state index contributed by atoms with van der Waals surface area (Å²) in [7, 11) is 0. The van der Waals surface area contributed by atoms with E-state index in [0.29, 0.717) is 15.7 Å². The molecule has 0 aliphatic rings. The summed E-state index contributed by atoms with van der Waals surface area (Å²) in [5, 5.41) is 2.93. The van der Waals surface area contributed by atoms with Crippen molar-refractivity contribution in [3.8, 4) is 0 Å². The minimum absolute atomic E-state index is 0.159. The summed E-state index contributed by atoms with van der Waals surface area (Å²) in [4.78, 5) is 16.1. The molecule has 2 rings (SSSR count). The summed E-state index contributed by atoms with van der Waals surface area (Å²) in [6.45, 7) is 0. The van der Waals surface area contributed by atoms with E-state index < -0.39 is 0 Å². The molecule has 98 valence electrons. The zero-order valence-corrected chi connectivity index (χ0v) is 14.8. The molecule has 0 saturated heterocycles. The average Bonchev–Trinajstić information content (AvgIpc) is 2.36. The number of carbonyl (C=O) groups excluding carboxylic acids is 1. The Morgan fingerprint density at radius 1 is 1.16 bits per heavy atom. The molecular weight excluding hydrogens is 463 g/mol. The van der Waals surface area contributed by atoms with Crippen LogP contribution in [0.15, 0.2) is 43.9 Å². The third kappa shape index (κ3) is 3.78. The van der Waals surface area contributed by atoms with E-state index in [1.165, 1.54) is 6.20 Å². The van der Waals surface area contributed by atoms with Crippen LogP contribution >= 0.6 is 59.4 Å². The summed E-state index contributed by atoms with van der Waals surface area (Å²) < 4.78 is 2.34. The zero-order chi connectivity index (χ0) is 14.0. The highest BCUT2D eigenvalue weighted by atomic mass is 79.9. The molecule has 1 N–H and O–H groups in total. The molecule has 7 heteroatoms. The molecule has 0 aliphatic heterocycles. The van der Waals surface area contributed by atoms with Gasteiger partial charge in [-0.25, -0.2) is 4.98 Å². The van der Waals surface area contributed by atoms with Crippen molar-refractivity contribution < 1.29 is 4.79 Å². The van der Waals surface area contributed by atoms with Crippen molar-refractivity contribution >= 4 is 71.0 Å². The van der Waals surface area contributed by atoms with Crippen LogP contribution in [0, 0.1) is 0 Å². The van der Waals surface area contributed by atoms with Crippen LogP contribution in [0.1, 0.15) is 10.4 Å². The van der Waals surface area contributed by atoms with E-state index in [9.17, 15) is 4.79 Å². The van der Waals surface area contributed by atoms with Gasteiger partial charge in [0.2, 0.25) is 0 Å². The average molecular weight is 469 g/mol. The Morgan fingerprint density at radius 2 is 1.89 bits per heavy atom. The first-order valence-electron chi connectivity index (χ1n) is 5.05. The molecule has 0 fully saturated rings. The van der Waals surface area contributed by atoms with Crippen molar-refractivity contribution in [1.82, 2.24) is 4.98 Å². The Morgan fingerprint density at radius 3 is 2.63 bits per heavy atom. The molecule has 0 unspecified atom stereocenters. The van der Waals surface area contributed by atoms with Gasteiger partial charge in [-0.2, -0.15) is 0 Å². The van der Waals surface area contributed by atoms with Gasteiger partial charge in [0, 0.05) is 19.6 Å². The smallest absolute Gasteiger partial charge is 0.258 e. The third-order valence-electron chi connectivity index (χ3n) is 2.23. The summed E-state index contributed by atoms with van der Waals surface area (Å²) in [5.74, 6) is -0.322. The number of hydrogen-bond acceptors (Lipinski definition) is 2. The molecule has 0 bridgehead atoms. The van der Waals surface area contributed by atoms with Crippen molar-refractivity contribution in [1.29, 1.82) is 0 Å². The van der Waals surface area contributed by atoms with Crippen molar-refractivity contribution in [2.45, 2.75) is 0 Å². The van der Waals surface area contributed by atoms with E-state index >= 15 is 0 Å². The van der Waals surface area contributed by atoms with Crippen molar-refractivity contribution in [3.63, 3.8) is 0 Å². The molecule has 0 aliphatic carbocycles. The maximum atomic E-state index is 12.2. The normalized spacial score (nSPS) is 10.3. The standard InChI is InChI=1S/C12H6Br3ClN2O/c13-6-1-2-9(15)10(4-6)18-12(19)8-3-7(14)5-17-11(8)16/h1-5H,(H,18,19). The van der Waals surface area contributed by atoms with Gasteiger partial charge in [0.25, 0.3) is 5.91 Å². The number of aromatic nitrogens is 1. The molecule has 3 nitrogen and oxygen atoms in total. The number of nitrogens with one attached hydrogen (secondary N) is 1. The van der Waals surface area contributed by atoms with Gasteiger partial charge in [0.15, 0.2) is 0 Å². The van der Waals surface area contributed by atoms with Crippen molar-refractivity contribution in [2.24, 2.45) is 0 Å². The maximum Gasteiger partial charge on any atom is 0.258 e. The Balaban J connectivity index is 2.30. The highest BCUT2D eigenvalue weighted by Gasteiger charge is 2.13. The summed E-state index contributed by atoms with van der Waals surface area (Å²) in [6, 6.07) is 7.12. The van der Waals surface area contributed by atoms with Gasteiger partial charge < -0.3 is 5.32 Å². The SMILES string of the molecule is O=C(Nc1cc(Br)ccc1Br)c1cc(Br)cnc1Cl. The first kappa shape index (κ1) is 15.0. The second-order valence-electron chi connectivity index (χ2n) is 3.57. The Labute approximate surface area is 140 Å². The molecule has 1 amide bonds. The minimum Gasteiger partial charge on any atom is -0.321 e. The lowest BCUT2D eigenvalue weighted by Crippen LogP contribution is -2.13. The largest absolute Gasteiger partial charge is 0.321 e. The van der Waals surface area contributed by atoms with Gasteiger partial charge in [-0.05, 0) is 56.1 Å². The number of halogens is 4. The van der Waals surface area contributed by atoms with Crippen molar-refractivity contribution in [3.05, 3.63) is 54.6 Å². The first-order chi connectivity index (χ1) is 8.97. The summed E-state index contributed by atoms with van der Waals surface area (Å²) in [5.41, 5.74) is 0.957. The molecule has 0 radical (unpaired) electrons. The molecule has 1 heterocycles. The number of anilines is 1. The Kier molecular flexibility index (Phi) is 5.00. The van der Waals surface area contributed by atoms with Crippen LogP contribution < -0.4 is 5.32 Å². The van der Waals surface area contributed by atoms with Crippen LogP contribution in [-0.2, 0) is 0 Å². The fourth-order valence-corrected chi connectivity index (χ4v) is 2.59. The van der Waals surface area contributed by atoms with Gasteiger partial charge in [-0.1, -0.05) is 27.5 Å². The lowest BCUT2D eigenvalue weighted by molar-refractivity contribution is 0.102. The van der Waals surface area contributed by atoms with Gasteiger partial charge >= 0.3 is 0 Å². The van der Waals surface area contributed by atoms with Crippen LogP contribution in [0.5, 0.6) is 0 Å². The van der Waals surface area contributed by atoms with Crippen LogP contribution in [0.3, 0.4) is 0 Å². The molecule has 19 heavy (non-hydrogen) atoms. The van der Waals surface area contributed by atoms with E-state index in [4.69, 9.17) is 11.6 Å². The van der Waals surface area contributed by atoms with E-state index in [1.807, 2.05) is 12.1 Å². The lowest BCUT2D eigenvalue weighted by Gasteiger charge is -2.09. The number of carbonyl (C=O) groups is 1. The predicted molar refractivity (Wildman–Crippen MR) is 86.7 cm³/mol. The topological polar surface area (TPSA) is 42.0 Å². The number of benzene rings is 1. The van der Waals surface area contributed by atoms with Crippen LogP contribution in [0.25, 0.3) is 0 Å². The third-order valence-corrected chi connectivity index (χ3v) is 4.15. The number of hydrogen-bond donors (Lipinski definition) is 1. The van der Waals surface area contributed by atoms with Crippen LogP contribution in [-0.4, -0.2) is 10.9 Å². The van der Waals surface area contributed by atoms with E-state index in [1.54, 1.807) is 12.1 Å². The quantitative estimate of drug-likeness (QED) is 0.609. The fraction of sp³-hybridized carbons (Fsp3) is 0. The number of amides is 1. The Hall–Kier alpha value is -0.430. The first-order valence-corrected chi connectivity index (χ1v) is 7.80. The highest BCUT2D eigenvalue weighted by Crippen LogP contribution is 2.27. The minimum atomic E-state index is -0.322. The molecular formula is C12H6Br3ClN2O. The van der Waals surface area contributed by atoms with Crippen molar-refractivity contribution in [2.75, 3.05) is 5.32 Å². The molecule has 1 aromatic heterocycles. The number of rotatable bonds is 2. The summed E-state index contributed by atoms with van der Waals surface area (Å²) in [6.07, 6.45) is 1.54. The van der Waals surface area contributed by atoms with Gasteiger partial charge in [-0.15, -0.1) is 0 Å². The predicted octanol–water partition coefficient (Wildman–Crippen LogP) is 5.27. The fourth-order valence-electron chi connectivity index (χ4n) is 1.36. The second kappa shape index (κ2) is 6.35. The number of pyridine rings is 1. The number of nitrogens with zero attached hydrogens (tertiary/aromatic N) is 1. The van der Waals surface area contributed by atoms with Crippen LogP contribution in [0.4, 0.5) is 5.69 Å². The molecule has 2 aromatic rings. The molecule has 0 spiro atoms. The lowest BCUT2D eigenvalue weighted by atomic mass is 10.2. The highest BCUT2D eigenvalue weighted by molar-refractivity contribution is 9.11. The monoisotopic (exact) mass is 466 g/mol. The van der Waals surface area contributed by atoms with E-state index in [2.05, 4.69) is 58.1 Å². The van der Waals surface area contributed by atoms with E-state index in [0.717, 1.165) is 8.95 Å². The van der Waals surface area contributed by atoms with Crippen LogP contribution in [0.2, 0.25) is 5.15 Å². The molecule has 1 aromatic carbocycles. The van der Waals surface area contributed by atoms with Gasteiger partial charge in [0.05, 0.1) is 11.3 Å². The maximum absolute atomic E-state index is 12.2. The zero-order valence-electron chi connectivity index (χ0n) is 9.25. The van der Waals surface area contributed by atoms with E-state index in [-0.39, 0.29) is 11.1 Å². The van der Waals surface area contributed by atoms with Gasteiger partial charge in [-0.3, -0.25) is 4.79 Å².